The van der Waals surface area contributed by atoms with Crippen molar-refractivity contribution in [2.75, 3.05) is 0 Å². The van der Waals surface area contributed by atoms with Crippen LogP contribution in [0.4, 0.5) is 0 Å². The fourth-order valence-electron chi connectivity index (χ4n) is 3.22. The quantitative estimate of drug-likeness (QED) is 0.603. The van der Waals surface area contributed by atoms with Crippen LogP contribution in [0.2, 0.25) is 0 Å². The summed E-state index contributed by atoms with van der Waals surface area (Å²) in [4.78, 5) is 4.56. The molecular formula is C19H21N5S. The van der Waals surface area contributed by atoms with Gasteiger partial charge in [0, 0.05) is 30.9 Å². The number of thioether (sulfide) groups is 1. The number of benzene rings is 1. The third-order valence-corrected chi connectivity index (χ3v) is 5.81. The molecule has 2 heterocycles. The summed E-state index contributed by atoms with van der Waals surface area (Å²) >= 11 is 1.77. The van der Waals surface area contributed by atoms with Gasteiger partial charge in [-0.05, 0) is 31.2 Å². The van der Waals surface area contributed by atoms with Crippen molar-refractivity contribution in [3.8, 4) is 0 Å². The first-order chi connectivity index (χ1) is 12.4. The fourth-order valence-corrected chi connectivity index (χ4v) is 4.19. The minimum absolute atomic E-state index is 0.636. The molecule has 0 spiro atoms. The second kappa shape index (κ2) is 6.33. The lowest BCUT2D eigenvalue weighted by molar-refractivity contribution is 0.626. The molecule has 2 aliphatic carbocycles. The van der Waals surface area contributed by atoms with Gasteiger partial charge < -0.3 is 9.13 Å². The van der Waals surface area contributed by atoms with Crippen LogP contribution in [0.25, 0.3) is 0 Å². The Balaban J connectivity index is 1.32. The second-order valence-corrected chi connectivity index (χ2v) is 7.90. The maximum absolute atomic E-state index is 4.56. The van der Waals surface area contributed by atoms with E-state index in [-0.39, 0.29) is 0 Å². The van der Waals surface area contributed by atoms with Crippen LogP contribution >= 0.6 is 11.8 Å². The van der Waals surface area contributed by atoms with Gasteiger partial charge in [-0.1, -0.05) is 42.1 Å². The van der Waals surface area contributed by atoms with Gasteiger partial charge in [0.05, 0.1) is 5.75 Å². The SMILES string of the molecule is c1ccc(Cn2ccnc2CSc2nnc(C3CC3)n2C2CC2)cc1. The fraction of sp³-hybridized carbons (Fsp3) is 0.421. The molecule has 0 unspecified atom stereocenters. The molecule has 0 bridgehead atoms. The van der Waals surface area contributed by atoms with E-state index in [1.165, 1.54) is 37.1 Å². The molecule has 0 radical (unpaired) electrons. The molecule has 6 heteroatoms. The number of hydrogen-bond acceptors (Lipinski definition) is 4. The molecule has 2 aromatic heterocycles. The van der Waals surface area contributed by atoms with Gasteiger partial charge in [-0.25, -0.2) is 4.98 Å². The lowest BCUT2D eigenvalue weighted by atomic mass is 10.2. The van der Waals surface area contributed by atoms with Crippen LogP contribution in [0.15, 0.2) is 47.9 Å². The average molecular weight is 351 g/mol. The number of rotatable bonds is 7. The van der Waals surface area contributed by atoms with Crippen molar-refractivity contribution < 1.29 is 0 Å². The molecule has 128 valence electrons. The zero-order chi connectivity index (χ0) is 16.6. The van der Waals surface area contributed by atoms with Crippen molar-refractivity contribution in [1.82, 2.24) is 24.3 Å². The van der Waals surface area contributed by atoms with Gasteiger partial charge in [0.2, 0.25) is 0 Å². The normalized spacial score (nSPS) is 17.1. The van der Waals surface area contributed by atoms with Gasteiger partial charge in [0.25, 0.3) is 0 Å². The van der Waals surface area contributed by atoms with Crippen LogP contribution in [0.3, 0.4) is 0 Å². The number of nitrogens with zero attached hydrogens (tertiary/aromatic N) is 5. The molecule has 3 aromatic rings. The topological polar surface area (TPSA) is 48.5 Å². The van der Waals surface area contributed by atoms with Crippen molar-refractivity contribution >= 4 is 11.8 Å². The molecule has 2 aliphatic rings. The third kappa shape index (κ3) is 3.23. The van der Waals surface area contributed by atoms with E-state index in [1.807, 2.05) is 6.20 Å². The highest BCUT2D eigenvalue weighted by Crippen LogP contribution is 2.46. The van der Waals surface area contributed by atoms with Crippen LogP contribution in [0, 0.1) is 0 Å². The molecule has 0 aliphatic heterocycles. The van der Waals surface area contributed by atoms with Crippen LogP contribution in [-0.4, -0.2) is 24.3 Å². The van der Waals surface area contributed by atoms with Crippen molar-refractivity contribution in [2.45, 2.75) is 55.1 Å². The van der Waals surface area contributed by atoms with Gasteiger partial charge in [-0.15, -0.1) is 10.2 Å². The first kappa shape index (κ1) is 15.2. The summed E-state index contributed by atoms with van der Waals surface area (Å²) in [5.41, 5.74) is 1.30. The number of hydrogen-bond donors (Lipinski definition) is 0. The van der Waals surface area contributed by atoms with E-state index in [9.17, 15) is 0 Å². The van der Waals surface area contributed by atoms with E-state index in [0.29, 0.717) is 12.0 Å². The minimum Gasteiger partial charge on any atom is -0.330 e. The maximum Gasteiger partial charge on any atom is 0.191 e. The first-order valence-corrected chi connectivity index (χ1v) is 9.98. The van der Waals surface area contributed by atoms with E-state index in [0.717, 1.165) is 23.3 Å². The summed E-state index contributed by atoms with van der Waals surface area (Å²) in [6.45, 7) is 0.860. The molecule has 5 rings (SSSR count). The van der Waals surface area contributed by atoms with E-state index >= 15 is 0 Å². The molecule has 2 saturated carbocycles. The predicted molar refractivity (Wildman–Crippen MR) is 97.6 cm³/mol. The van der Waals surface area contributed by atoms with Crippen molar-refractivity contribution in [3.05, 3.63) is 59.9 Å². The van der Waals surface area contributed by atoms with Crippen LogP contribution < -0.4 is 0 Å². The van der Waals surface area contributed by atoms with Crippen LogP contribution in [0.1, 0.15) is 54.9 Å². The maximum atomic E-state index is 4.56. The summed E-state index contributed by atoms with van der Waals surface area (Å²) in [5.74, 6) is 3.79. The van der Waals surface area contributed by atoms with Crippen molar-refractivity contribution in [3.63, 3.8) is 0 Å². The Morgan fingerprint density at radius 2 is 1.88 bits per heavy atom. The Bertz CT molecular complexity index is 861. The summed E-state index contributed by atoms with van der Waals surface area (Å²) in [7, 11) is 0. The van der Waals surface area contributed by atoms with Gasteiger partial charge in [0.15, 0.2) is 5.16 Å². The summed E-state index contributed by atoms with van der Waals surface area (Å²) in [6.07, 6.45) is 9.04. The van der Waals surface area contributed by atoms with E-state index in [2.05, 4.69) is 60.8 Å². The number of aromatic nitrogens is 5. The molecule has 0 amide bonds. The molecule has 1 aromatic carbocycles. The number of imidazole rings is 1. The molecule has 5 nitrogen and oxygen atoms in total. The van der Waals surface area contributed by atoms with E-state index in [1.54, 1.807) is 11.8 Å². The van der Waals surface area contributed by atoms with E-state index in [4.69, 9.17) is 0 Å². The van der Waals surface area contributed by atoms with Crippen LogP contribution in [-0.2, 0) is 12.3 Å². The summed E-state index contributed by atoms with van der Waals surface area (Å²) in [6, 6.07) is 11.2. The van der Waals surface area contributed by atoms with Gasteiger partial charge in [-0.2, -0.15) is 0 Å². The van der Waals surface area contributed by atoms with E-state index < -0.39 is 0 Å². The zero-order valence-corrected chi connectivity index (χ0v) is 14.9. The average Bonchev–Trinajstić information content (AvgIpc) is 3.57. The lowest BCUT2D eigenvalue weighted by Gasteiger charge is -2.09. The Hall–Kier alpha value is -2.08. The highest BCUT2D eigenvalue weighted by Gasteiger charge is 2.36. The Labute approximate surface area is 151 Å². The summed E-state index contributed by atoms with van der Waals surface area (Å²) in [5, 5.41) is 10.1. The Morgan fingerprint density at radius 3 is 2.64 bits per heavy atom. The molecule has 0 saturated heterocycles. The largest absolute Gasteiger partial charge is 0.330 e. The summed E-state index contributed by atoms with van der Waals surface area (Å²) < 4.78 is 4.63. The third-order valence-electron chi connectivity index (χ3n) is 4.87. The van der Waals surface area contributed by atoms with Gasteiger partial charge >= 0.3 is 0 Å². The minimum atomic E-state index is 0.636. The molecule has 0 atom stereocenters. The molecular weight excluding hydrogens is 330 g/mol. The lowest BCUT2D eigenvalue weighted by Crippen LogP contribution is -2.05. The highest BCUT2D eigenvalue weighted by atomic mass is 32.2. The smallest absolute Gasteiger partial charge is 0.191 e. The Morgan fingerprint density at radius 1 is 1.04 bits per heavy atom. The Kier molecular flexibility index (Phi) is 3.85. The van der Waals surface area contributed by atoms with Gasteiger partial charge in [-0.3, -0.25) is 0 Å². The predicted octanol–water partition coefficient (Wildman–Crippen LogP) is 4.03. The molecule has 2 fully saturated rings. The van der Waals surface area contributed by atoms with Crippen molar-refractivity contribution in [1.29, 1.82) is 0 Å². The zero-order valence-electron chi connectivity index (χ0n) is 14.1. The standard InChI is InChI=1S/C19H21N5S/c1-2-4-14(5-3-1)12-23-11-10-20-17(23)13-25-19-22-21-18(15-6-7-15)24(19)16-8-9-16/h1-5,10-11,15-16H,6-9,12-13H2. The van der Waals surface area contributed by atoms with Gasteiger partial charge in [0.1, 0.15) is 11.6 Å². The van der Waals surface area contributed by atoms with Crippen LogP contribution in [0.5, 0.6) is 0 Å². The first-order valence-electron chi connectivity index (χ1n) is 9.00. The van der Waals surface area contributed by atoms with Crippen molar-refractivity contribution in [2.24, 2.45) is 0 Å². The monoisotopic (exact) mass is 351 g/mol. The highest BCUT2D eigenvalue weighted by molar-refractivity contribution is 7.98. The molecule has 25 heavy (non-hydrogen) atoms. The molecule has 0 N–H and O–H groups in total. The second-order valence-electron chi connectivity index (χ2n) is 6.96.